The van der Waals surface area contributed by atoms with Gasteiger partial charge in [0.15, 0.2) is 6.10 Å². The van der Waals surface area contributed by atoms with Crippen LogP contribution in [0.2, 0.25) is 0 Å². The monoisotopic (exact) mass is 420 g/mol. The molecule has 8 heteroatoms. The first-order chi connectivity index (χ1) is 12.4. The first-order valence-electron chi connectivity index (χ1n) is 7.57. The lowest BCUT2D eigenvalue weighted by molar-refractivity contribution is -0.144. The Bertz CT molecular complexity index is 821. The molecule has 2 N–H and O–H groups in total. The van der Waals surface area contributed by atoms with E-state index in [1.54, 1.807) is 42.5 Å². The minimum atomic E-state index is -1.04. The molecule has 0 saturated heterocycles. The number of amides is 1. The third-order valence-corrected chi connectivity index (χ3v) is 3.82. The van der Waals surface area contributed by atoms with Crippen molar-refractivity contribution in [3.8, 4) is 11.5 Å². The number of hydrogen-bond donors (Lipinski definition) is 2. The highest BCUT2D eigenvalue weighted by atomic mass is 79.9. The number of methoxy groups -OCH3 is 1. The second-order valence-electron chi connectivity index (χ2n) is 5.21. The maximum Gasteiger partial charge on any atom is 0.344 e. The van der Waals surface area contributed by atoms with Crippen molar-refractivity contribution in [1.82, 2.24) is 5.43 Å². The number of aliphatic carboxylic acids is 1. The summed E-state index contributed by atoms with van der Waals surface area (Å²) in [5, 5.41) is 12.7. The van der Waals surface area contributed by atoms with Gasteiger partial charge in [0.1, 0.15) is 11.5 Å². The Morgan fingerprint density at radius 3 is 2.54 bits per heavy atom. The number of ether oxygens (including phenoxy) is 2. The molecule has 0 unspecified atom stereocenters. The molecule has 136 valence electrons. The normalized spacial score (nSPS) is 11.8. The molecule has 2 aromatic rings. The van der Waals surface area contributed by atoms with Gasteiger partial charge in [-0.1, -0.05) is 15.9 Å². The molecule has 26 heavy (non-hydrogen) atoms. The van der Waals surface area contributed by atoms with Crippen molar-refractivity contribution in [2.24, 2.45) is 5.10 Å². The quantitative estimate of drug-likeness (QED) is 0.529. The molecule has 2 aromatic carbocycles. The highest BCUT2D eigenvalue weighted by molar-refractivity contribution is 9.10. The number of halogens is 1. The Labute approximate surface area is 158 Å². The third-order valence-electron chi connectivity index (χ3n) is 3.33. The molecule has 0 radical (unpaired) electrons. The lowest BCUT2D eigenvalue weighted by atomic mass is 10.2. The molecule has 0 aliphatic heterocycles. The number of carboxylic acid groups (broad SMARTS) is 1. The van der Waals surface area contributed by atoms with Gasteiger partial charge in [0.25, 0.3) is 5.91 Å². The number of hydrazone groups is 1. The number of carbonyl (C=O) groups is 2. The third kappa shape index (κ3) is 5.32. The summed E-state index contributed by atoms with van der Waals surface area (Å²) in [4.78, 5) is 23.0. The van der Waals surface area contributed by atoms with Crippen molar-refractivity contribution in [3.05, 3.63) is 58.1 Å². The molecule has 0 heterocycles. The summed E-state index contributed by atoms with van der Waals surface area (Å²) >= 11 is 3.31. The molecule has 0 saturated carbocycles. The molecule has 1 amide bonds. The number of nitrogens with one attached hydrogen (secondary N) is 1. The van der Waals surface area contributed by atoms with E-state index >= 15 is 0 Å². The van der Waals surface area contributed by atoms with Crippen LogP contribution < -0.4 is 14.9 Å². The first-order valence-corrected chi connectivity index (χ1v) is 8.36. The van der Waals surface area contributed by atoms with Gasteiger partial charge >= 0.3 is 5.97 Å². The lowest BCUT2D eigenvalue weighted by Gasteiger charge is -2.10. The SMILES string of the molecule is COc1ccc(Br)cc1C(=O)N/N=C\c1ccc(O[C@@H](C)C(=O)O)cc1. The van der Waals surface area contributed by atoms with E-state index in [1.807, 2.05) is 0 Å². The number of nitrogens with zero attached hydrogens (tertiary/aromatic N) is 1. The molecule has 7 nitrogen and oxygen atoms in total. The van der Waals surface area contributed by atoms with Crippen LogP contribution in [0, 0.1) is 0 Å². The van der Waals surface area contributed by atoms with Crippen molar-refractivity contribution < 1.29 is 24.2 Å². The number of rotatable bonds is 7. The fraction of sp³-hybridized carbons (Fsp3) is 0.167. The van der Waals surface area contributed by atoms with Gasteiger partial charge in [-0.15, -0.1) is 0 Å². The van der Waals surface area contributed by atoms with Gasteiger partial charge in [0.05, 0.1) is 18.9 Å². The Hall–Kier alpha value is -2.87. The van der Waals surface area contributed by atoms with E-state index in [9.17, 15) is 9.59 Å². The molecule has 1 atom stereocenters. The van der Waals surface area contributed by atoms with E-state index in [0.717, 1.165) is 4.47 Å². The predicted molar refractivity (Wildman–Crippen MR) is 99.9 cm³/mol. The second kappa shape index (κ2) is 9.00. The maximum atomic E-state index is 12.2. The van der Waals surface area contributed by atoms with E-state index in [4.69, 9.17) is 14.6 Å². The molecule has 0 bridgehead atoms. The van der Waals surface area contributed by atoms with Crippen molar-refractivity contribution in [2.45, 2.75) is 13.0 Å². The number of carbonyl (C=O) groups excluding carboxylic acids is 1. The molecule has 0 spiro atoms. The van der Waals surface area contributed by atoms with Crippen LogP contribution in [0.5, 0.6) is 11.5 Å². The first kappa shape index (κ1) is 19.5. The second-order valence-corrected chi connectivity index (χ2v) is 6.13. The Morgan fingerprint density at radius 2 is 1.92 bits per heavy atom. The number of benzene rings is 2. The van der Waals surface area contributed by atoms with Crippen molar-refractivity contribution in [3.63, 3.8) is 0 Å². The van der Waals surface area contributed by atoms with Crippen LogP contribution in [-0.4, -0.2) is 36.4 Å². The topological polar surface area (TPSA) is 97.2 Å². The standard InChI is InChI=1S/C18H17BrN2O5/c1-11(18(23)24)26-14-6-3-12(4-7-14)10-20-21-17(22)15-9-13(19)5-8-16(15)25-2/h3-11H,1-2H3,(H,21,22)(H,23,24)/b20-10-/t11-/m0/s1. The fourth-order valence-electron chi connectivity index (χ4n) is 1.97. The van der Waals surface area contributed by atoms with Crippen LogP contribution in [0.3, 0.4) is 0 Å². The maximum absolute atomic E-state index is 12.2. The van der Waals surface area contributed by atoms with Crippen LogP contribution in [0.15, 0.2) is 52.0 Å². The summed E-state index contributed by atoms with van der Waals surface area (Å²) in [7, 11) is 1.48. The van der Waals surface area contributed by atoms with E-state index in [-0.39, 0.29) is 0 Å². The van der Waals surface area contributed by atoms with Crippen LogP contribution in [0.1, 0.15) is 22.8 Å². The highest BCUT2D eigenvalue weighted by Crippen LogP contribution is 2.22. The van der Waals surface area contributed by atoms with Gasteiger partial charge in [-0.3, -0.25) is 4.79 Å². The average molecular weight is 421 g/mol. The lowest BCUT2D eigenvalue weighted by Crippen LogP contribution is -2.22. The van der Waals surface area contributed by atoms with Gasteiger partial charge < -0.3 is 14.6 Å². The van der Waals surface area contributed by atoms with Crippen LogP contribution in [0.4, 0.5) is 0 Å². The molecular formula is C18H17BrN2O5. The van der Waals surface area contributed by atoms with E-state index in [1.165, 1.54) is 20.2 Å². The zero-order valence-electron chi connectivity index (χ0n) is 14.1. The van der Waals surface area contributed by atoms with Gasteiger partial charge in [0.2, 0.25) is 0 Å². The summed E-state index contributed by atoms with van der Waals surface area (Å²) in [6.07, 6.45) is 0.529. The van der Waals surface area contributed by atoms with E-state index in [2.05, 4.69) is 26.5 Å². The molecule has 0 fully saturated rings. The summed E-state index contributed by atoms with van der Waals surface area (Å²) in [5.74, 6) is -0.578. The molecule has 0 aliphatic carbocycles. The van der Waals surface area contributed by atoms with Crippen LogP contribution in [0.25, 0.3) is 0 Å². The molecule has 0 aliphatic rings. The average Bonchev–Trinajstić information content (AvgIpc) is 2.62. The molecular weight excluding hydrogens is 404 g/mol. The Balaban J connectivity index is 1.99. The minimum Gasteiger partial charge on any atom is -0.496 e. The van der Waals surface area contributed by atoms with Gasteiger partial charge in [0, 0.05) is 4.47 Å². The van der Waals surface area contributed by atoms with Gasteiger partial charge in [-0.05, 0) is 55.0 Å². The summed E-state index contributed by atoms with van der Waals surface area (Å²) in [5.41, 5.74) is 3.49. The smallest absolute Gasteiger partial charge is 0.344 e. The van der Waals surface area contributed by atoms with E-state index < -0.39 is 18.0 Å². The van der Waals surface area contributed by atoms with Crippen molar-refractivity contribution in [1.29, 1.82) is 0 Å². The van der Waals surface area contributed by atoms with Crippen LogP contribution >= 0.6 is 15.9 Å². The van der Waals surface area contributed by atoms with Crippen molar-refractivity contribution in [2.75, 3.05) is 7.11 Å². The number of carboxylic acids is 1. The van der Waals surface area contributed by atoms with Crippen LogP contribution in [-0.2, 0) is 4.79 Å². The zero-order chi connectivity index (χ0) is 19.1. The molecule has 0 aromatic heterocycles. The number of hydrogen-bond acceptors (Lipinski definition) is 5. The fourth-order valence-corrected chi connectivity index (χ4v) is 2.33. The minimum absolute atomic E-state index is 0.352. The summed E-state index contributed by atoms with van der Waals surface area (Å²) in [6.45, 7) is 1.45. The molecule has 2 rings (SSSR count). The van der Waals surface area contributed by atoms with Crippen molar-refractivity contribution >= 4 is 34.0 Å². The summed E-state index contributed by atoms with van der Waals surface area (Å²) < 4.78 is 11.1. The predicted octanol–water partition coefficient (Wildman–Crippen LogP) is 3.07. The Kier molecular flexibility index (Phi) is 6.74. The van der Waals surface area contributed by atoms with Gasteiger partial charge in [-0.2, -0.15) is 5.10 Å². The highest BCUT2D eigenvalue weighted by Gasteiger charge is 2.13. The summed E-state index contributed by atoms with van der Waals surface area (Å²) in [6, 6.07) is 11.7. The zero-order valence-corrected chi connectivity index (χ0v) is 15.7. The Morgan fingerprint density at radius 1 is 1.23 bits per heavy atom. The largest absolute Gasteiger partial charge is 0.496 e. The van der Waals surface area contributed by atoms with E-state index in [0.29, 0.717) is 22.6 Å². The van der Waals surface area contributed by atoms with Gasteiger partial charge in [-0.25, -0.2) is 10.2 Å².